The highest BCUT2D eigenvalue weighted by atomic mass is 16.5. The Morgan fingerprint density at radius 3 is 2.44 bits per heavy atom. The van der Waals surface area contributed by atoms with Crippen LogP contribution in [0.5, 0.6) is 11.5 Å². The van der Waals surface area contributed by atoms with Gasteiger partial charge in [-0.1, -0.05) is 48.5 Å². The van der Waals surface area contributed by atoms with E-state index in [-0.39, 0.29) is 5.91 Å². The molecule has 3 heterocycles. The van der Waals surface area contributed by atoms with E-state index in [2.05, 4.69) is 47.3 Å². The fraction of sp³-hybridized carbons (Fsp3) is 0.312. The number of anilines is 1. The molecular formula is C32H33N5O4. The van der Waals surface area contributed by atoms with Gasteiger partial charge in [0.25, 0.3) is 11.6 Å². The average molecular weight is 552 g/mol. The number of carbonyl (C=O) groups is 1. The number of amides is 1. The Bertz CT molecular complexity index is 1690. The monoisotopic (exact) mass is 551 g/mol. The van der Waals surface area contributed by atoms with Crippen molar-refractivity contribution in [2.24, 2.45) is 0 Å². The van der Waals surface area contributed by atoms with Crippen molar-refractivity contribution in [3.63, 3.8) is 0 Å². The molecule has 1 saturated heterocycles. The summed E-state index contributed by atoms with van der Waals surface area (Å²) < 4.78 is 16.6. The molecule has 2 aromatic heterocycles. The van der Waals surface area contributed by atoms with Crippen LogP contribution >= 0.6 is 0 Å². The van der Waals surface area contributed by atoms with E-state index >= 15 is 0 Å². The lowest BCUT2D eigenvalue weighted by molar-refractivity contribution is 0.0766. The first-order valence-corrected chi connectivity index (χ1v) is 14.0. The second-order valence-electron chi connectivity index (χ2n) is 10.2. The highest BCUT2D eigenvalue weighted by Crippen LogP contribution is 2.35. The molecule has 6 rings (SSSR count). The Labute approximate surface area is 238 Å². The SMILES string of the molecule is CCCc1nc(N2CCCN(C(=O)c3cc(OC)cc(OC)c3)CC2)c2c(-c3ccc4ccccc4c3)noc2n1. The van der Waals surface area contributed by atoms with Crippen LogP contribution in [0.2, 0.25) is 0 Å². The number of methoxy groups -OCH3 is 2. The smallest absolute Gasteiger partial charge is 0.263 e. The molecule has 0 bridgehead atoms. The van der Waals surface area contributed by atoms with Gasteiger partial charge in [0.1, 0.15) is 34.2 Å². The highest BCUT2D eigenvalue weighted by molar-refractivity contribution is 6.00. The van der Waals surface area contributed by atoms with E-state index in [1.165, 1.54) is 0 Å². The topological polar surface area (TPSA) is 93.8 Å². The van der Waals surface area contributed by atoms with Crippen molar-refractivity contribution in [3.05, 3.63) is 72.1 Å². The first kappa shape index (κ1) is 26.6. The van der Waals surface area contributed by atoms with E-state index in [4.69, 9.17) is 24.0 Å². The third-order valence-electron chi connectivity index (χ3n) is 7.54. The molecule has 0 unspecified atom stereocenters. The first-order chi connectivity index (χ1) is 20.1. The molecule has 0 aliphatic carbocycles. The summed E-state index contributed by atoms with van der Waals surface area (Å²) in [6.07, 6.45) is 2.45. The minimum Gasteiger partial charge on any atom is -0.497 e. The van der Waals surface area contributed by atoms with Crippen molar-refractivity contribution in [1.29, 1.82) is 0 Å². The number of fused-ring (bicyclic) bond motifs is 2. The van der Waals surface area contributed by atoms with Crippen molar-refractivity contribution in [2.45, 2.75) is 26.2 Å². The summed E-state index contributed by atoms with van der Waals surface area (Å²) in [7, 11) is 3.16. The third kappa shape index (κ3) is 5.27. The Balaban J connectivity index is 1.34. The van der Waals surface area contributed by atoms with Crippen molar-refractivity contribution in [2.75, 3.05) is 45.3 Å². The number of benzene rings is 3. The molecule has 5 aromatic rings. The van der Waals surface area contributed by atoms with Gasteiger partial charge in [-0.15, -0.1) is 0 Å². The number of hydrogen-bond acceptors (Lipinski definition) is 8. The van der Waals surface area contributed by atoms with Gasteiger partial charge in [0.2, 0.25) is 0 Å². The molecule has 9 heteroatoms. The molecule has 41 heavy (non-hydrogen) atoms. The van der Waals surface area contributed by atoms with E-state index in [0.29, 0.717) is 42.4 Å². The van der Waals surface area contributed by atoms with Crippen LogP contribution in [0.4, 0.5) is 5.82 Å². The van der Waals surface area contributed by atoms with Crippen LogP contribution in [0.1, 0.15) is 35.9 Å². The number of carbonyl (C=O) groups excluding carboxylic acids is 1. The van der Waals surface area contributed by atoms with Gasteiger partial charge in [0, 0.05) is 49.8 Å². The molecule has 3 aromatic carbocycles. The molecule has 1 aliphatic rings. The predicted molar refractivity (Wildman–Crippen MR) is 159 cm³/mol. The van der Waals surface area contributed by atoms with Crippen LogP contribution in [-0.2, 0) is 6.42 Å². The molecule has 9 nitrogen and oxygen atoms in total. The second kappa shape index (κ2) is 11.4. The number of aromatic nitrogens is 3. The maximum Gasteiger partial charge on any atom is 0.263 e. The predicted octanol–water partition coefficient (Wildman–Crippen LogP) is 5.76. The van der Waals surface area contributed by atoms with Crippen LogP contribution in [0.25, 0.3) is 33.1 Å². The fourth-order valence-electron chi connectivity index (χ4n) is 5.42. The lowest BCUT2D eigenvalue weighted by atomic mass is 10.0. The largest absolute Gasteiger partial charge is 0.497 e. The van der Waals surface area contributed by atoms with Crippen LogP contribution in [0, 0.1) is 0 Å². The van der Waals surface area contributed by atoms with Gasteiger partial charge >= 0.3 is 0 Å². The Kier molecular flexibility index (Phi) is 7.41. The summed E-state index contributed by atoms with van der Waals surface area (Å²) >= 11 is 0. The zero-order valence-electron chi connectivity index (χ0n) is 23.6. The van der Waals surface area contributed by atoms with Gasteiger partial charge in [0.15, 0.2) is 0 Å². The maximum absolute atomic E-state index is 13.5. The first-order valence-electron chi connectivity index (χ1n) is 14.0. The van der Waals surface area contributed by atoms with E-state index in [0.717, 1.165) is 64.9 Å². The average Bonchev–Trinajstić information content (AvgIpc) is 3.28. The molecule has 1 aliphatic heterocycles. The highest BCUT2D eigenvalue weighted by Gasteiger charge is 2.26. The molecule has 0 saturated carbocycles. The second-order valence-corrected chi connectivity index (χ2v) is 10.2. The van der Waals surface area contributed by atoms with Crippen molar-refractivity contribution < 1.29 is 18.8 Å². The molecule has 0 radical (unpaired) electrons. The standard InChI is InChI=1S/C32H33N5O4/c1-4-8-27-33-30(28-29(35-41-31(28)34-27)23-12-11-21-9-5-6-10-22(21)17-23)36-13-7-14-37(16-15-36)32(38)24-18-25(39-2)20-26(19-24)40-3/h5-6,9-12,17-20H,4,7-8,13-16H2,1-3H3. The summed E-state index contributed by atoms with van der Waals surface area (Å²) in [5.74, 6) is 2.66. The minimum absolute atomic E-state index is 0.0506. The van der Waals surface area contributed by atoms with Crippen LogP contribution in [0.3, 0.4) is 0 Å². The normalized spacial score (nSPS) is 13.9. The Hall–Kier alpha value is -4.66. The van der Waals surface area contributed by atoms with E-state index in [9.17, 15) is 4.79 Å². The van der Waals surface area contributed by atoms with Crippen molar-refractivity contribution >= 4 is 33.6 Å². The Morgan fingerprint density at radius 1 is 0.902 bits per heavy atom. The summed E-state index contributed by atoms with van der Waals surface area (Å²) in [4.78, 5) is 27.4. The molecule has 1 amide bonds. The van der Waals surface area contributed by atoms with Crippen LogP contribution in [-0.4, -0.2) is 66.3 Å². The van der Waals surface area contributed by atoms with Crippen molar-refractivity contribution in [3.8, 4) is 22.8 Å². The van der Waals surface area contributed by atoms with Gasteiger partial charge in [-0.25, -0.2) is 4.98 Å². The molecule has 210 valence electrons. The molecule has 0 spiro atoms. The van der Waals surface area contributed by atoms with Gasteiger partial charge < -0.3 is 23.8 Å². The van der Waals surface area contributed by atoms with Gasteiger partial charge in [-0.2, -0.15) is 4.98 Å². The minimum atomic E-state index is -0.0506. The van der Waals surface area contributed by atoms with Crippen LogP contribution in [0.15, 0.2) is 65.2 Å². The zero-order valence-corrected chi connectivity index (χ0v) is 23.6. The number of rotatable bonds is 7. The number of aryl methyl sites for hydroxylation is 1. The Morgan fingerprint density at radius 2 is 1.68 bits per heavy atom. The van der Waals surface area contributed by atoms with E-state index < -0.39 is 0 Å². The number of ether oxygens (including phenoxy) is 2. The van der Waals surface area contributed by atoms with Gasteiger partial charge in [0.05, 0.1) is 14.2 Å². The molecular weight excluding hydrogens is 518 g/mol. The van der Waals surface area contributed by atoms with Crippen molar-refractivity contribution in [1.82, 2.24) is 20.0 Å². The molecule has 1 fully saturated rings. The summed E-state index contributed by atoms with van der Waals surface area (Å²) in [5.41, 5.74) is 2.71. The number of hydrogen-bond donors (Lipinski definition) is 0. The lowest BCUT2D eigenvalue weighted by Gasteiger charge is -2.24. The summed E-state index contributed by atoms with van der Waals surface area (Å²) in [5, 5.41) is 7.57. The van der Waals surface area contributed by atoms with E-state index in [1.54, 1.807) is 32.4 Å². The fourth-order valence-corrected chi connectivity index (χ4v) is 5.42. The van der Waals surface area contributed by atoms with Gasteiger partial charge in [-0.05, 0) is 41.8 Å². The zero-order chi connectivity index (χ0) is 28.3. The maximum atomic E-state index is 13.5. The van der Waals surface area contributed by atoms with Gasteiger partial charge in [-0.3, -0.25) is 4.79 Å². The number of nitrogens with zero attached hydrogens (tertiary/aromatic N) is 5. The van der Waals surface area contributed by atoms with E-state index in [1.807, 2.05) is 17.0 Å². The summed E-state index contributed by atoms with van der Waals surface area (Å²) in [6, 6.07) is 19.8. The third-order valence-corrected chi connectivity index (χ3v) is 7.54. The summed E-state index contributed by atoms with van der Waals surface area (Å²) in [6.45, 7) is 4.64. The van der Waals surface area contributed by atoms with Crippen LogP contribution < -0.4 is 14.4 Å². The quantitative estimate of drug-likeness (QED) is 0.252. The lowest BCUT2D eigenvalue weighted by Crippen LogP contribution is -2.35. The molecule has 0 N–H and O–H groups in total. The molecule has 0 atom stereocenters.